The van der Waals surface area contributed by atoms with Gasteiger partial charge in [-0.3, -0.25) is 4.79 Å². The predicted molar refractivity (Wildman–Crippen MR) is 96.6 cm³/mol. The summed E-state index contributed by atoms with van der Waals surface area (Å²) in [5, 5.41) is 2.90. The Morgan fingerprint density at radius 3 is 2.50 bits per heavy atom. The van der Waals surface area contributed by atoms with Crippen LogP contribution in [0.1, 0.15) is 23.3 Å². The molecule has 3 aromatic rings. The fraction of sp³-hybridized carbons (Fsp3) is 0.263. The summed E-state index contributed by atoms with van der Waals surface area (Å²) >= 11 is 0. The molecule has 0 atom stereocenters. The molecular weight excluding hydrogens is 335 g/mol. The van der Waals surface area contributed by atoms with Crippen LogP contribution >= 0.6 is 0 Å². The Morgan fingerprint density at radius 1 is 1.08 bits per heavy atom. The Morgan fingerprint density at radius 2 is 1.81 bits per heavy atom. The molecule has 4 rings (SSSR count). The molecule has 2 aromatic heterocycles. The summed E-state index contributed by atoms with van der Waals surface area (Å²) in [4.78, 5) is 29.3. The lowest BCUT2D eigenvalue weighted by Gasteiger charge is -2.28. The highest BCUT2D eigenvalue weighted by Crippen LogP contribution is 2.23. The van der Waals surface area contributed by atoms with E-state index < -0.39 is 6.17 Å². The van der Waals surface area contributed by atoms with Crippen LogP contribution in [0.25, 0.3) is 16.7 Å². The standard InChI is InChI=1S/C19H17FN4O2/c20-13-7-10-23(11-8-13)19(25)17-5-6-18-16(21-17)9-12-24(18)15-3-1-14(22-26)2-4-15/h1-6,9,12-13H,7-8,10-11H2. The fourth-order valence-electron chi connectivity index (χ4n) is 3.25. The van der Waals surface area contributed by atoms with Crippen LogP contribution in [-0.2, 0) is 0 Å². The number of aromatic nitrogens is 2. The number of alkyl halides is 1. The van der Waals surface area contributed by atoms with E-state index in [1.807, 2.05) is 22.9 Å². The summed E-state index contributed by atoms with van der Waals surface area (Å²) in [6.45, 7) is 0.857. The third-order valence-corrected chi connectivity index (χ3v) is 4.71. The normalized spacial score (nSPS) is 15.3. The summed E-state index contributed by atoms with van der Waals surface area (Å²) in [5.41, 5.74) is 3.17. The molecule has 1 aromatic carbocycles. The van der Waals surface area contributed by atoms with Gasteiger partial charge in [-0.25, -0.2) is 9.37 Å². The van der Waals surface area contributed by atoms with E-state index in [1.54, 1.807) is 35.2 Å². The maximum atomic E-state index is 13.3. The Labute approximate surface area is 149 Å². The van der Waals surface area contributed by atoms with E-state index in [0.29, 0.717) is 42.8 Å². The van der Waals surface area contributed by atoms with E-state index in [-0.39, 0.29) is 5.91 Å². The number of amides is 1. The fourth-order valence-corrected chi connectivity index (χ4v) is 3.25. The number of rotatable bonds is 3. The molecule has 1 aliphatic heterocycles. The van der Waals surface area contributed by atoms with Crippen molar-refractivity contribution >= 4 is 22.6 Å². The predicted octanol–water partition coefficient (Wildman–Crippen LogP) is 4.00. The second-order valence-corrected chi connectivity index (χ2v) is 6.36. The van der Waals surface area contributed by atoms with Crippen LogP contribution < -0.4 is 0 Å². The molecule has 0 spiro atoms. The Balaban J connectivity index is 1.62. The molecule has 1 fully saturated rings. The van der Waals surface area contributed by atoms with Crippen molar-refractivity contribution in [3.8, 4) is 5.69 Å². The number of likely N-dealkylation sites (tertiary alicyclic amines) is 1. The van der Waals surface area contributed by atoms with E-state index in [1.165, 1.54) is 0 Å². The van der Waals surface area contributed by atoms with Crippen molar-refractivity contribution in [1.29, 1.82) is 0 Å². The highest BCUT2D eigenvalue weighted by molar-refractivity contribution is 5.94. The van der Waals surface area contributed by atoms with Crippen molar-refractivity contribution in [3.05, 3.63) is 59.3 Å². The number of hydrogen-bond donors (Lipinski definition) is 0. The molecule has 0 unspecified atom stereocenters. The highest BCUT2D eigenvalue weighted by Gasteiger charge is 2.24. The summed E-state index contributed by atoms with van der Waals surface area (Å²) in [6, 6.07) is 12.3. The monoisotopic (exact) mass is 352 g/mol. The highest BCUT2D eigenvalue weighted by atomic mass is 19.1. The van der Waals surface area contributed by atoms with Gasteiger partial charge in [0, 0.05) is 25.0 Å². The molecule has 0 aliphatic carbocycles. The second kappa shape index (κ2) is 6.67. The molecule has 0 bridgehead atoms. The first kappa shape index (κ1) is 16.4. The number of carbonyl (C=O) groups is 1. The minimum absolute atomic E-state index is 0.159. The lowest BCUT2D eigenvalue weighted by atomic mass is 10.1. The van der Waals surface area contributed by atoms with E-state index in [2.05, 4.69) is 10.2 Å². The summed E-state index contributed by atoms with van der Waals surface area (Å²) in [7, 11) is 0. The van der Waals surface area contributed by atoms with Crippen molar-refractivity contribution in [1.82, 2.24) is 14.5 Å². The Bertz CT molecular complexity index is 959. The van der Waals surface area contributed by atoms with E-state index in [4.69, 9.17) is 0 Å². The average molecular weight is 352 g/mol. The zero-order valence-corrected chi connectivity index (χ0v) is 14.0. The van der Waals surface area contributed by atoms with Crippen LogP contribution in [-0.4, -0.2) is 39.6 Å². The lowest BCUT2D eigenvalue weighted by Crippen LogP contribution is -2.39. The smallest absolute Gasteiger partial charge is 0.272 e. The number of piperidine rings is 1. The van der Waals surface area contributed by atoms with E-state index in [0.717, 1.165) is 11.2 Å². The minimum Gasteiger partial charge on any atom is -0.337 e. The van der Waals surface area contributed by atoms with Gasteiger partial charge in [0.05, 0.1) is 11.0 Å². The molecule has 0 N–H and O–H groups in total. The molecule has 132 valence electrons. The topological polar surface area (TPSA) is 67.6 Å². The maximum Gasteiger partial charge on any atom is 0.272 e. The molecular formula is C19H17FN4O2. The van der Waals surface area contributed by atoms with Crippen LogP contribution in [0, 0.1) is 4.91 Å². The van der Waals surface area contributed by atoms with Gasteiger partial charge in [0.2, 0.25) is 0 Å². The minimum atomic E-state index is -0.815. The molecule has 6 nitrogen and oxygen atoms in total. The van der Waals surface area contributed by atoms with Crippen molar-refractivity contribution in [2.24, 2.45) is 5.18 Å². The van der Waals surface area contributed by atoms with E-state index in [9.17, 15) is 14.1 Å². The molecule has 1 amide bonds. The number of halogens is 1. The number of pyridine rings is 1. The number of nitrogens with zero attached hydrogens (tertiary/aromatic N) is 4. The number of carbonyl (C=O) groups excluding carboxylic acids is 1. The van der Waals surface area contributed by atoms with Crippen molar-refractivity contribution in [2.45, 2.75) is 19.0 Å². The Kier molecular flexibility index (Phi) is 4.20. The number of benzene rings is 1. The molecule has 0 saturated carbocycles. The third-order valence-electron chi connectivity index (χ3n) is 4.71. The van der Waals surface area contributed by atoms with Crippen LogP contribution in [0.15, 0.2) is 53.8 Å². The molecule has 3 heterocycles. The zero-order valence-electron chi connectivity index (χ0n) is 14.0. The largest absolute Gasteiger partial charge is 0.337 e. The number of nitroso groups, excluding NO2 is 1. The molecule has 7 heteroatoms. The third kappa shape index (κ3) is 2.96. The van der Waals surface area contributed by atoms with Crippen LogP contribution in [0.2, 0.25) is 0 Å². The quantitative estimate of drug-likeness (QED) is 0.669. The van der Waals surface area contributed by atoms with Gasteiger partial charge in [-0.05, 0) is 60.5 Å². The van der Waals surface area contributed by atoms with Gasteiger partial charge in [-0.2, -0.15) is 0 Å². The Hall–Kier alpha value is -3.09. The molecule has 1 aliphatic rings. The van der Waals surface area contributed by atoms with Gasteiger partial charge in [0.15, 0.2) is 0 Å². The maximum absolute atomic E-state index is 13.3. The van der Waals surface area contributed by atoms with Crippen LogP contribution in [0.3, 0.4) is 0 Å². The van der Waals surface area contributed by atoms with Gasteiger partial charge in [0.25, 0.3) is 5.91 Å². The second-order valence-electron chi connectivity index (χ2n) is 6.36. The molecule has 26 heavy (non-hydrogen) atoms. The number of fused-ring (bicyclic) bond motifs is 1. The van der Waals surface area contributed by atoms with Gasteiger partial charge in [0.1, 0.15) is 17.6 Å². The molecule has 0 radical (unpaired) electrons. The number of hydrogen-bond acceptors (Lipinski definition) is 4. The van der Waals surface area contributed by atoms with Gasteiger partial charge in [-0.1, -0.05) is 0 Å². The first-order chi connectivity index (χ1) is 12.7. The van der Waals surface area contributed by atoms with Crippen molar-refractivity contribution in [2.75, 3.05) is 13.1 Å². The van der Waals surface area contributed by atoms with Crippen molar-refractivity contribution in [3.63, 3.8) is 0 Å². The SMILES string of the molecule is O=Nc1ccc(-n2ccc3nc(C(=O)N4CCC(F)CC4)ccc32)cc1. The van der Waals surface area contributed by atoms with Crippen LogP contribution in [0.4, 0.5) is 10.1 Å². The first-order valence-corrected chi connectivity index (χ1v) is 8.51. The first-order valence-electron chi connectivity index (χ1n) is 8.51. The van der Waals surface area contributed by atoms with Crippen LogP contribution in [0.5, 0.6) is 0 Å². The lowest BCUT2D eigenvalue weighted by molar-refractivity contribution is 0.0661. The van der Waals surface area contributed by atoms with Crippen molar-refractivity contribution < 1.29 is 9.18 Å². The zero-order chi connectivity index (χ0) is 18.1. The average Bonchev–Trinajstić information content (AvgIpc) is 3.11. The van der Waals surface area contributed by atoms with Gasteiger partial charge in [-0.15, -0.1) is 4.91 Å². The summed E-state index contributed by atoms with van der Waals surface area (Å²) in [5.74, 6) is -0.159. The summed E-state index contributed by atoms with van der Waals surface area (Å²) in [6.07, 6.45) is 1.82. The van der Waals surface area contributed by atoms with E-state index >= 15 is 0 Å². The van der Waals surface area contributed by atoms with Gasteiger partial charge >= 0.3 is 0 Å². The molecule has 1 saturated heterocycles. The summed E-state index contributed by atoms with van der Waals surface area (Å²) < 4.78 is 15.2. The van der Waals surface area contributed by atoms with Gasteiger partial charge < -0.3 is 9.47 Å².